The Balaban J connectivity index is 2.53. The van der Waals surface area contributed by atoms with Crippen LogP contribution >= 0.6 is 27.3 Å². The first-order chi connectivity index (χ1) is 7.63. The summed E-state index contributed by atoms with van der Waals surface area (Å²) in [6, 6.07) is 2.15. The van der Waals surface area contributed by atoms with Gasteiger partial charge in [0.1, 0.15) is 0 Å². The van der Waals surface area contributed by atoms with Crippen molar-refractivity contribution in [3.05, 3.63) is 27.3 Å². The summed E-state index contributed by atoms with van der Waals surface area (Å²) in [7, 11) is 3.93. The minimum atomic E-state index is 0.798. The molecule has 0 spiro atoms. The van der Waals surface area contributed by atoms with Crippen LogP contribution in [0.15, 0.2) is 15.9 Å². The Morgan fingerprint density at radius 3 is 2.88 bits per heavy atom. The first-order valence-corrected chi connectivity index (χ1v) is 6.72. The quantitative estimate of drug-likeness (QED) is 0.944. The maximum absolute atomic E-state index is 4.53. The molecule has 0 aliphatic rings. The Hall–Kier alpha value is -0.650. The van der Waals surface area contributed by atoms with Crippen molar-refractivity contribution >= 4 is 27.3 Å². The fourth-order valence-electron chi connectivity index (χ4n) is 1.73. The van der Waals surface area contributed by atoms with Gasteiger partial charge in [0.2, 0.25) is 0 Å². The highest BCUT2D eigenvalue weighted by molar-refractivity contribution is 9.10. The fourth-order valence-corrected chi connectivity index (χ4v) is 3.28. The normalized spacial score (nSPS) is 11.0. The number of nitrogens with one attached hydrogen (secondary N) is 1. The lowest BCUT2D eigenvalue weighted by atomic mass is 10.1. The molecule has 0 bridgehead atoms. The van der Waals surface area contributed by atoms with Gasteiger partial charge in [-0.2, -0.15) is 5.10 Å². The first-order valence-electron chi connectivity index (χ1n) is 5.05. The lowest BCUT2D eigenvalue weighted by molar-refractivity contribution is 0.698. The van der Waals surface area contributed by atoms with Gasteiger partial charge in [0, 0.05) is 39.6 Å². The van der Waals surface area contributed by atoms with E-state index in [0.29, 0.717) is 0 Å². The molecule has 0 saturated heterocycles. The molecule has 0 atom stereocenters. The van der Waals surface area contributed by atoms with E-state index in [2.05, 4.69) is 44.7 Å². The van der Waals surface area contributed by atoms with Gasteiger partial charge in [-0.1, -0.05) is 0 Å². The van der Waals surface area contributed by atoms with Gasteiger partial charge < -0.3 is 5.32 Å². The molecule has 2 rings (SSSR count). The van der Waals surface area contributed by atoms with Crippen LogP contribution in [-0.2, 0) is 13.6 Å². The summed E-state index contributed by atoms with van der Waals surface area (Å²) in [5.74, 6) is 0. The summed E-state index contributed by atoms with van der Waals surface area (Å²) in [5.41, 5.74) is 3.57. The highest BCUT2D eigenvalue weighted by Crippen LogP contribution is 2.34. The van der Waals surface area contributed by atoms with Gasteiger partial charge in [-0.25, -0.2) is 0 Å². The summed E-state index contributed by atoms with van der Waals surface area (Å²) in [4.78, 5) is 1.27. The largest absolute Gasteiger partial charge is 0.314 e. The molecule has 0 aliphatic carbocycles. The van der Waals surface area contributed by atoms with E-state index in [1.54, 1.807) is 11.3 Å². The third kappa shape index (κ3) is 2.07. The molecule has 2 aromatic rings. The monoisotopic (exact) mass is 299 g/mol. The van der Waals surface area contributed by atoms with Crippen molar-refractivity contribution < 1.29 is 0 Å². The molecular formula is C11H14BrN3S. The lowest BCUT2D eigenvalue weighted by Gasteiger charge is -2.00. The Bertz CT molecular complexity index is 501. The van der Waals surface area contributed by atoms with E-state index in [0.717, 1.165) is 16.7 Å². The number of hydrogen-bond acceptors (Lipinski definition) is 3. The van der Waals surface area contributed by atoms with Crippen LogP contribution in [0.1, 0.15) is 11.4 Å². The van der Waals surface area contributed by atoms with Crippen molar-refractivity contribution in [3.63, 3.8) is 0 Å². The van der Waals surface area contributed by atoms with E-state index in [9.17, 15) is 0 Å². The van der Waals surface area contributed by atoms with E-state index in [-0.39, 0.29) is 0 Å². The van der Waals surface area contributed by atoms with Crippen LogP contribution in [0.25, 0.3) is 10.4 Å². The maximum atomic E-state index is 4.53. The minimum absolute atomic E-state index is 0.798. The van der Waals surface area contributed by atoms with Crippen LogP contribution < -0.4 is 5.32 Å². The van der Waals surface area contributed by atoms with Crippen LogP contribution in [0.2, 0.25) is 0 Å². The highest BCUT2D eigenvalue weighted by atomic mass is 79.9. The number of aromatic nitrogens is 2. The van der Waals surface area contributed by atoms with Gasteiger partial charge in [0.25, 0.3) is 0 Å². The van der Waals surface area contributed by atoms with Gasteiger partial charge in [-0.15, -0.1) is 11.3 Å². The molecule has 0 amide bonds. The molecule has 16 heavy (non-hydrogen) atoms. The molecule has 0 unspecified atom stereocenters. The topological polar surface area (TPSA) is 29.9 Å². The van der Waals surface area contributed by atoms with Crippen molar-refractivity contribution in [2.24, 2.45) is 7.05 Å². The average molecular weight is 300 g/mol. The zero-order chi connectivity index (χ0) is 11.7. The number of thiophene rings is 1. The van der Waals surface area contributed by atoms with Crippen LogP contribution in [0, 0.1) is 6.92 Å². The van der Waals surface area contributed by atoms with Crippen molar-refractivity contribution in [1.29, 1.82) is 0 Å². The Labute approximate surface area is 108 Å². The second-order valence-corrected chi connectivity index (χ2v) is 5.52. The van der Waals surface area contributed by atoms with E-state index in [1.807, 2.05) is 18.8 Å². The van der Waals surface area contributed by atoms with E-state index in [4.69, 9.17) is 0 Å². The maximum Gasteiger partial charge on any atom is 0.0851 e. The second-order valence-electron chi connectivity index (χ2n) is 3.69. The van der Waals surface area contributed by atoms with Crippen molar-refractivity contribution in [1.82, 2.24) is 15.1 Å². The van der Waals surface area contributed by atoms with Crippen LogP contribution in [0.4, 0.5) is 0 Å². The standard InChI is InChI=1S/C11H14BrN3S/c1-7-11(10-4-8(12)6-16-10)9(5-13-2)14-15(7)3/h4,6,13H,5H2,1-3H3. The number of hydrogen-bond donors (Lipinski definition) is 1. The second kappa shape index (κ2) is 4.69. The minimum Gasteiger partial charge on any atom is -0.314 e. The molecular weight excluding hydrogens is 286 g/mol. The molecule has 2 aromatic heterocycles. The Morgan fingerprint density at radius 1 is 1.56 bits per heavy atom. The van der Waals surface area contributed by atoms with E-state index >= 15 is 0 Å². The van der Waals surface area contributed by atoms with E-state index in [1.165, 1.54) is 16.1 Å². The third-order valence-electron chi connectivity index (χ3n) is 2.56. The molecule has 86 valence electrons. The predicted octanol–water partition coefficient (Wildman–Crippen LogP) is 2.94. The van der Waals surface area contributed by atoms with Crippen LogP contribution in [0.3, 0.4) is 0 Å². The van der Waals surface area contributed by atoms with Crippen LogP contribution in [0.5, 0.6) is 0 Å². The number of nitrogens with zero attached hydrogens (tertiary/aromatic N) is 2. The van der Waals surface area contributed by atoms with Gasteiger partial charge in [0.05, 0.1) is 5.69 Å². The summed E-state index contributed by atoms with van der Waals surface area (Å²) >= 11 is 5.23. The molecule has 0 saturated carbocycles. The first kappa shape index (κ1) is 11.8. The van der Waals surface area contributed by atoms with Gasteiger partial charge in [0.15, 0.2) is 0 Å². The van der Waals surface area contributed by atoms with Crippen molar-refractivity contribution in [2.75, 3.05) is 7.05 Å². The summed E-state index contributed by atoms with van der Waals surface area (Å²) in [6.45, 7) is 2.90. The molecule has 0 radical (unpaired) electrons. The molecule has 2 heterocycles. The molecule has 0 fully saturated rings. The van der Waals surface area contributed by atoms with Crippen molar-refractivity contribution in [3.8, 4) is 10.4 Å². The summed E-state index contributed by atoms with van der Waals surface area (Å²) in [5, 5.41) is 9.79. The molecule has 1 N–H and O–H groups in total. The fraction of sp³-hybridized carbons (Fsp3) is 0.364. The average Bonchev–Trinajstić information content (AvgIpc) is 2.74. The Morgan fingerprint density at radius 2 is 2.31 bits per heavy atom. The highest BCUT2D eigenvalue weighted by Gasteiger charge is 2.15. The Kier molecular flexibility index (Phi) is 3.47. The van der Waals surface area contributed by atoms with Crippen LogP contribution in [-0.4, -0.2) is 16.8 Å². The van der Waals surface area contributed by atoms with Gasteiger partial charge in [-0.3, -0.25) is 4.68 Å². The zero-order valence-electron chi connectivity index (χ0n) is 9.54. The van der Waals surface area contributed by atoms with E-state index < -0.39 is 0 Å². The predicted molar refractivity (Wildman–Crippen MR) is 71.7 cm³/mol. The molecule has 3 nitrogen and oxygen atoms in total. The molecule has 5 heteroatoms. The summed E-state index contributed by atoms with van der Waals surface area (Å²) in [6.07, 6.45) is 0. The zero-order valence-corrected chi connectivity index (χ0v) is 11.9. The summed E-state index contributed by atoms with van der Waals surface area (Å²) < 4.78 is 3.07. The van der Waals surface area contributed by atoms with Gasteiger partial charge >= 0.3 is 0 Å². The van der Waals surface area contributed by atoms with Crippen molar-refractivity contribution in [2.45, 2.75) is 13.5 Å². The van der Waals surface area contributed by atoms with Gasteiger partial charge in [-0.05, 0) is 36.0 Å². The lowest BCUT2D eigenvalue weighted by Crippen LogP contribution is -2.06. The third-order valence-corrected chi connectivity index (χ3v) is 4.27. The number of aryl methyl sites for hydroxylation is 1. The number of halogens is 1. The smallest absolute Gasteiger partial charge is 0.0851 e. The molecule has 0 aliphatic heterocycles. The number of rotatable bonds is 3. The SMILES string of the molecule is CNCc1nn(C)c(C)c1-c1cc(Br)cs1. The molecule has 0 aromatic carbocycles.